The zero-order chi connectivity index (χ0) is 26.9. The number of carbonyl (C=O) groups excluding carboxylic acids is 1. The van der Waals surface area contributed by atoms with Gasteiger partial charge in [-0.15, -0.1) is 0 Å². The van der Waals surface area contributed by atoms with Gasteiger partial charge < -0.3 is 14.8 Å². The second kappa shape index (κ2) is 10.5. The van der Waals surface area contributed by atoms with Gasteiger partial charge in [0.25, 0.3) is 0 Å². The first kappa shape index (κ1) is 26.6. The van der Waals surface area contributed by atoms with Crippen molar-refractivity contribution in [1.82, 2.24) is 9.97 Å². The Morgan fingerprint density at radius 1 is 1.11 bits per heavy atom. The molecule has 2 aromatic carbocycles. The van der Waals surface area contributed by atoms with Crippen LogP contribution in [0.4, 0.5) is 23.4 Å². The van der Waals surface area contributed by atoms with E-state index >= 15 is 0 Å². The van der Waals surface area contributed by atoms with Crippen LogP contribution in [0.25, 0.3) is 10.9 Å². The number of hydrogen-bond acceptors (Lipinski definition) is 6. The van der Waals surface area contributed by atoms with Crippen molar-refractivity contribution in [2.75, 3.05) is 19.5 Å². The molecule has 1 aromatic heterocycles. The number of alkyl halides is 3. The number of halogens is 4. The van der Waals surface area contributed by atoms with Crippen molar-refractivity contribution in [3.05, 3.63) is 58.7 Å². The molecule has 3 aromatic rings. The van der Waals surface area contributed by atoms with Gasteiger partial charge in [0.05, 0.1) is 37.3 Å². The normalized spacial score (nSPS) is 18.9. The van der Waals surface area contributed by atoms with Crippen LogP contribution >= 0.6 is 0 Å². The minimum absolute atomic E-state index is 0.117. The molecule has 37 heavy (non-hydrogen) atoms. The van der Waals surface area contributed by atoms with Crippen molar-refractivity contribution in [1.29, 1.82) is 0 Å². The number of carbonyl (C=O) groups is 1. The van der Waals surface area contributed by atoms with Crippen molar-refractivity contribution in [3.63, 3.8) is 0 Å². The van der Waals surface area contributed by atoms with Crippen LogP contribution in [0.15, 0.2) is 30.3 Å². The lowest BCUT2D eigenvalue weighted by molar-refractivity contribution is -0.146. The number of rotatable bonds is 6. The lowest BCUT2D eigenvalue weighted by Crippen LogP contribution is -2.22. The SMILES string of the molecule is COc1cc2nc(C)nc(N[C@H](C)c3cccc(C(F)(F)F)c3F)c2cc1[C@H]1CC[C@H](C(=O)OC)CC1. The summed E-state index contributed by atoms with van der Waals surface area (Å²) in [5.74, 6) is -0.00845. The third-order valence-electron chi connectivity index (χ3n) is 7.01. The number of aromatic nitrogens is 2. The molecule has 1 aliphatic carbocycles. The van der Waals surface area contributed by atoms with Crippen molar-refractivity contribution in [2.45, 2.75) is 57.7 Å². The van der Waals surface area contributed by atoms with Gasteiger partial charge in [0.15, 0.2) is 0 Å². The van der Waals surface area contributed by atoms with Gasteiger partial charge in [0.1, 0.15) is 23.2 Å². The fourth-order valence-corrected chi connectivity index (χ4v) is 5.09. The number of nitrogens with one attached hydrogen (secondary N) is 1. The monoisotopic (exact) mass is 519 g/mol. The molecule has 0 aliphatic heterocycles. The first-order valence-corrected chi connectivity index (χ1v) is 12.1. The van der Waals surface area contributed by atoms with Gasteiger partial charge in [0.2, 0.25) is 0 Å². The van der Waals surface area contributed by atoms with E-state index in [1.54, 1.807) is 21.0 Å². The van der Waals surface area contributed by atoms with Crippen molar-refractivity contribution < 1.29 is 31.8 Å². The van der Waals surface area contributed by atoms with Crippen LogP contribution in [0.5, 0.6) is 5.75 Å². The van der Waals surface area contributed by atoms with Crippen LogP contribution in [0.3, 0.4) is 0 Å². The minimum Gasteiger partial charge on any atom is -0.496 e. The molecule has 0 unspecified atom stereocenters. The zero-order valence-corrected chi connectivity index (χ0v) is 21.1. The molecule has 1 saturated carbocycles. The summed E-state index contributed by atoms with van der Waals surface area (Å²) in [6, 6.07) is 6.17. The molecule has 1 heterocycles. The lowest BCUT2D eigenvalue weighted by Gasteiger charge is -2.28. The van der Waals surface area contributed by atoms with Crippen molar-refractivity contribution in [2.24, 2.45) is 5.92 Å². The molecule has 1 atom stereocenters. The molecule has 0 bridgehead atoms. The summed E-state index contributed by atoms with van der Waals surface area (Å²) >= 11 is 0. The van der Waals surface area contributed by atoms with E-state index in [0.717, 1.165) is 24.5 Å². The van der Waals surface area contributed by atoms with Gasteiger partial charge >= 0.3 is 12.1 Å². The molecule has 1 fully saturated rings. The Morgan fingerprint density at radius 2 is 1.81 bits per heavy atom. The summed E-state index contributed by atoms with van der Waals surface area (Å²) < 4.78 is 65.1. The van der Waals surface area contributed by atoms with E-state index in [2.05, 4.69) is 15.3 Å². The minimum atomic E-state index is -4.80. The first-order valence-electron chi connectivity index (χ1n) is 12.1. The topological polar surface area (TPSA) is 73.3 Å². The molecule has 198 valence electrons. The van der Waals surface area contributed by atoms with E-state index in [4.69, 9.17) is 9.47 Å². The molecule has 1 aliphatic rings. The molecular weight excluding hydrogens is 490 g/mol. The fourth-order valence-electron chi connectivity index (χ4n) is 5.09. The summed E-state index contributed by atoms with van der Waals surface area (Å²) in [4.78, 5) is 20.9. The van der Waals surface area contributed by atoms with Crippen molar-refractivity contribution in [3.8, 4) is 5.75 Å². The van der Waals surface area contributed by atoms with Crippen LogP contribution in [0.2, 0.25) is 0 Å². The maximum Gasteiger partial charge on any atom is 0.419 e. The Labute approximate surface area is 212 Å². The standard InChI is InChI=1S/C27H29F4N3O3/c1-14(18-6-5-7-21(24(18)28)27(29,30)31)32-25-20-12-19(16-8-10-17(11-9-16)26(35)37-4)23(36-3)13-22(20)33-15(2)34-25/h5-7,12-14,16-17H,8-11H2,1-4H3,(H,32,33,34)/t14-,16-,17-/m1/s1. The van der Waals surface area contributed by atoms with E-state index in [-0.39, 0.29) is 23.4 Å². The highest BCUT2D eigenvalue weighted by atomic mass is 19.4. The number of fused-ring (bicyclic) bond motifs is 1. The number of hydrogen-bond donors (Lipinski definition) is 1. The highest BCUT2D eigenvalue weighted by Gasteiger charge is 2.35. The van der Waals surface area contributed by atoms with Gasteiger partial charge in [-0.2, -0.15) is 13.2 Å². The van der Waals surface area contributed by atoms with E-state index in [0.29, 0.717) is 41.1 Å². The number of nitrogens with zero attached hydrogens (tertiary/aromatic N) is 2. The first-order chi connectivity index (χ1) is 17.5. The number of aryl methyl sites for hydroxylation is 1. The average molecular weight is 520 g/mol. The summed E-state index contributed by atoms with van der Waals surface area (Å²) in [7, 11) is 2.97. The maximum atomic E-state index is 14.8. The van der Waals surface area contributed by atoms with Crippen molar-refractivity contribution >= 4 is 22.7 Å². The molecular formula is C27H29F4N3O3. The summed E-state index contributed by atoms with van der Waals surface area (Å²) in [6.07, 6.45) is -1.87. The highest BCUT2D eigenvalue weighted by molar-refractivity contribution is 5.91. The molecule has 10 heteroatoms. The number of esters is 1. The third-order valence-corrected chi connectivity index (χ3v) is 7.01. The van der Waals surface area contributed by atoms with Crippen LogP contribution in [-0.4, -0.2) is 30.2 Å². The van der Waals surface area contributed by atoms with E-state index in [1.807, 2.05) is 12.1 Å². The summed E-state index contributed by atoms with van der Waals surface area (Å²) in [6.45, 7) is 3.29. The van der Waals surface area contributed by atoms with Gasteiger partial charge in [0, 0.05) is 17.0 Å². The summed E-state index contributed by atoms with van der Waals surface area (Å²) in [5.41, 5.74) is 0.105. The molecule has 0 amide bonds. The van der Waals surface area contributed by atoms with Crippen LogP contribution in [-0.2, 0) is 15.7 Å². The Bertz CT molecular complexity index is 1300. The quantitative estimate of drug-likeness (QED) is 0.288. The van der Waals surface area contributed by atoms with Gasteiger partial charge in [-0.3, -0.25) is 4.79 Å². The Hall–Kier alpha value is -3.43. The molecule has 4 rings (SSSR count). The number of anilines is 1. The van der Waals surface area contributed by atoms with Gasteiger partial charge in [-0.05, 0) is 63.1 Å². The summed E-state index contributed by atoms with van der Waals surface area (Å²) in [5, 5.41) is 3.75. The number of ether oxygens (including phenoxy) is 2. The third kappa shape index (κ3) is 5.47. The second-order valence-electron chi connectivity index (χ2n) is 9.38. The zero-order valence-electron chi connectivity index (χ0n) is 21.1. The number of benzene rings is 2. The van der Waals surface area contributed by atoms with E-state index < -0.39 is 23.6 Å². The second-order valence-corrected chi connectivity index (χ2v) is 9.38. The largest absolute Gasteiger partial charge is 0.496 e. The Kier molecular flexibility index (Phi) is 7.57. The Balaban J connectivity index is 1.70. The van der Waals surface area contributed by atoms with E-state index in [9.17, 15) is 22.4 Å². The molecule has 0 radical (unpaired) electrons. The predicted molar refractivity (Wildman–Crippen MR) is 131 cm³/mol. The molecule has 0 saturated heterocycles. The predicted octanol–water partition coefficient (Wildman–Crippen LogP) is 6.72. The number of methoxy groups -OCH3 is 2. The molecule has 1 N–H and O–H groups in total. The highest BCUT2D eigenvalue weighted by Crippen LogP contribution is 2.42. The van der Waals surface area contributed by atoms with Crippen LogP contribution in [0.1, 0.15) is 67.1 Å². The smallest absolute Gasteiger partial charge is 0.419 e. The molecule has 6 nitrogen and oxygen atoms in total. The maximum absolute atomic E-state index is 14.8. The van der Waals surface area contributed by atoms with Crippen LogP contribution in [0, 0.1) is 18.7 Å². The van der Waals surface area contributed by atoms with Gasteiger partial charge in [-0.25, -0.2) is 14.4 Å². The Morgan fingerprint density at radius 3 is 2.43 bits per heavy atom. The lowest BCUT2D eigenvalue weighted by atomic mass is 9.78. The molecule has 0 spiro atoms. The average Bonchev–Trinajstić information content (AvgIpc) is 2.86. The van der Waals surface area contributed by atoms with Crippen LogP contribution < -0.4 is 10.1 Å². The van der Waals surface area contributed by atoms with E-state index in [1.165, 1.54) is 19.2 Å². The fraction of sp³-hybridized carbons (Fsp3) is 0.444. The van der Waals surface area contributed by atoms with Gasteiger partial charge in [-0.1, -0.05) is 12.1 Å².